The van der Waals surface area contributed by atoms with Crippen molar-refractivity contribution < 1.29 is 9.84 Å². The Morgan fingerprint density at radius 2 is 1.93 bits per heavy atom. The first kappa shape index (κ1) is 13.0. The minimum Gasteiger partial charge on any atom is -0.390 e. The van der Waals surface area contributed by atoms with Crippen LogP contribution >= 0.6 is 0 Å². The van der Waals surface area contributed by atoms with Crippen LogP contribution < -0.4 is 0 Å². The maximum Gasteiger partial charge on any atom is 0.0801 e. The van der Waals surface area contributed by atoms with Gasteiger partial charge in [-0.05, 0) is 37.5 Å². The molecule has 2 nitrogen and oxygen atoms in total. The molecule has 0 aliphatic heterocycles. The van der Waals surface area contributed by atoms with Crippen molar-refractivity contribution in [2.75, 3.05) is 13.2 Å². The van der Waals surface area contributed by atoms with Gasteiger partial charge in [0.1, 0.15) is 0 Å². The van der Waals surface area contributed by atoms with E-state index in [4.69, 9.17) is 4.74 Å². The summed E-state index contributed by atoms with van der Waals surface area (Å²) in [5.74, 6) is 1.27. The summed E-state index contributed by atoms with van der Waals surface area (Å²) in [4.78, 5) is 0. The maximum absolute atomic E-state index is 9.83. The van der Waals surface area contributed by atoms with Gasteiger partial charge in [0.05, 0.1) is 12.7 Å². The molecule has 0 bridgehead atoms. The van der Waals surface area contributed by atoms with Crippen LogP contribution in [-0.2, 0) is 4.74 Å². The van der Waals surface area contributed by atoms with E-state index in [0.717, 1.165) is 18.9 Å². The molecule has 0 aromatic carbocycles. The Labute approximate surface area is 94.0 Å². The van der Waals surface area contributed by atoms with Crippen molar-refractivity contribution in [3.63, 3.8) is 0 Å². The first-order valence-electron chi connectivity index (χ1n) is 6.46. The highest BCUT2D eigenvalue weighted by atomic mass is 16.5. The van der Waals surface area contributed by atoms with Gasteiger partial charge in [-0.25, -0.2) is 0 Å². The van der Waals surface area contributed by atoms with E-state index < -0.39 is 0 Å². The van der Waals surface area contributed by atoms with Crippen LogP contribution in [0, 0.1) is 11.8 Å². The number of aliphatic hydroxyl groups is 1. The number of rotatable bonds is 7. The molecule has 0 saturated heterocycles. The summed E-state index contributed by atoms with van der Waals surface area (Å²) in [6.07, 6.45) is 7.08. The molecule has 1 saturated carbocycles. The van der Waals surface area contributed by atoms with Crippen molar-refractivity contribution in [1.82, 2.24) is 0 Å². The van der Waals surface area contributed by atoms with Crippen molar-refractivity contribution in [2.45, 2.75) is 58.5 Å². The minimum absolute atomic E-state index is 0.216. The fourth-order valence-corrected chi connectivity index (χ4v) is 2.28. The summed E-state index contributed by atoms with van der Waals surface area (Å²) in [5, 5.41) is 9.83. The molecule has 15 heavy (non-hydrogen) atoms. The first-order valence-corrected chi connectivity index (χ1v) is 6.46. The molecule has 0 heterocycles. The molecule has 1 aliphatic carbocycles. The van der Waals surface area contributed by atoms with Gasteiger partial charge >= 0.3 is 0 Å². The summed E-state index contributed by atoms with van der Waals surface area (Å²) in [7, 11) is 0. The Morgan fingerprint density at radius 1 is 1.27 bits per heavy atom. The molecule has 0 aromatic rings. The second-order valence-electron chi connectivity index (χ2n) is 5.22. The molecule has 1 atom stereocenters. The average Bonchev–Trinajstić information content (AvgIpc) is 2.69. The largest absolute Gasteiger partial charge is 0.390 e. The zero-order chi connectivity index (χ0) is 11.1. The van der Waals surface area contributed by atoms with E-state index in [0.29, 0.717) is 12.5 Å². The summed E-state index contributed by atoms with van der Waals surface area (Å²) in [5.41, 5.74) is 0. The second kappa shape index (κ2) is 7.24. The van der Waals surface area contributed by atoms with Crippen LogP contribution in [0.15, 0.2) is 0 Å². The quantitative estimate of drug-likeness (QED) is 0.660. The fourth-order valence-electron chi connectivity index (χ4n) is 2.28. The third kappa shape index (κ3) is 5.53. The molecule has 0 radical (unpaired) electrons. The van der Waals surface area contributed by atoms with Crippen LogP contribution in [-0.4, -0.2) is 24.4 Å². The molecule has 0 spiro atoms. The van der Waals surface area contributed by atoms with Gasteiger partial charge in [0.15, 0.2) is 0 Å². The van der Waals surface area contributed by atoms with E-state index in [1.165, 1.54) is 32.1 Å². The summed E-state index contributed by atoms with van der Waals surface area (Å²) in [6.45, 7) is 5.81. The lowest BCUT2D eigenvalue weighted by Crippen LogP contribution is -2.24. The highest BCUT2D eigenvalue weighted by Gasteiger charge is 2.22. The van der Waals surface area contributed by atoms with E-state index in [1.54, 1.807) is 0 Å². The smallest absolute Gasteiger partial charge is 0.0801 e. The molecule has 1 rings (SSSR count). The number of ether oxygens (including phenoxy) is 1. The van der Waals surface area contributed by atoms with Gasteiger partial charge in [-0.15, -0.1) is 0 Å². The van der Waals surface area contributed by atoms with Gasteiger partial charge in [0.25, 0.3) is 0 Å². The molecule has 1 aliphatic rings. The van der Waals surface area contributed by atoms with Crippen molar-refractivity contribution in [3.05, 3.63) is 0 Å². The summed E-state index contributed by atoms with van der Waals surface area (Å²) < 4.78 is 5.51. The van der Waals surface area contributed by atoms with E-state index in [1.807, 2.05) is 0 Å². The van der Waals surface area contributed by atoms with E-state index >= 15 is 0 Å². The monoisotopic (exact) mass is 214 g/mol. The Bertz CT molecular complexity index is 151. The van der Waals surface area contributed by atoms with E-state index in [2.05, 4.69) is 13.8 Å². The Kier molecular flexibility index (Phi) is 6.26. The van der Waals surface area contributed by atoms with E-state index in [9.17, 15) is 5.11 Å². The SMILES string of the molecule is CC(C)CCCOCC(O)C1CCCC1. The van der Waals surface area contributed by atoms with Crippen LogP contribution in [0.3, 0.4) is 0 Å². The highest BCUT2D eigenvalue weighted by molar-refractivity contribution is 4.74. The van der Waals surface area contributed by atoms with Gasteiger partial charge < -0.3 is 9.84 Å². The van der Waals surface area contributed by atoms with Crippen LogP contribution in [0.2, 0.25) is 0 Å². The fraction of sp³-hybridized carbons (Fsp3) is 1.00. The second-order valence-corrected chi connectivity index (χ2v) is 5.22. The van der Waals surface area contributed by atoms with Gasteiger partial charge in [-0.2, -0.15) is 0 Å². The molecule has 2 heteroatoms. The topological polar surface area (TPSA) is 29.5 Å². The predicted molar refractivity (Wildman–Crippen MR) is 62.9 cm³/mol. The number of hydrogen-bond acceptors (Lipinski definition) is 2. The zero-order valence-electron chi connectivity index (χ0n) is 10.2. The summed E-state index contributed by atoms with van der Waals surface area (Å²) in [6, 6.07) is 0. The molecule has 1 fully saturated rings. The Morgan fingerprint density at radius 3 is 2.53 bits per heavy atom. The highest BCUT2D eigenvalue weighted by Crippen LogP contribution is 2.27. The molecule has 0 aromatic heterocycles. The lowest BCUT2D eigenvalue weighted by Gasteiger charge is -2.17. The standard InChI is InChI=1S/C13H26O2/c1-11(2)6-5-9-15-10-13(14)12-7-3-4-8-12/h11-14H,3-10H2,1-2H3. The van der Waals surface area contributed by atoms with Crippen LogP contribution in [0.5, 0.6) is 0 Å². The minimum atomic E-state index is -0.216. The summed E-state index contributed by atoms with van der Waals surface area (Å²) >= 11 is 0. The molecular formula is C13H26O2. The van der Waals surface area contributed by atoms with Crippen molar-refractivity contribution >= 4 is 0 Å². The van der Waals surface area contributed by atoms with E-state index in [-0.39, 0.29) is 6.10 Å². The third-order valence-electron chi connectivity index (χ3n) is 3.30. The van der Waals surface area contributed by atoms with Gasteiger partial charge in [-0.3, -0.25) is 0 Å². The molecule has 0 amide bonds. The Balaban J connectivity index is 1.94. The molecule has 90 valence electrons. The average molecular weight is 214 g/mol. The van der Waals surface area contributed by atoms with Crippen molar-refractivity contribution in [1.29, 1.82) is 0 Å². The van der Waals surface area contributed by atoms with Crippen molar-refractivity contribution in [3.8, 4) is 0 Å². The third-order valence-corrected chi connectivity index (χ3v) is 3.30. The van der Waals surface area contributed by atoms with Crippen molar-refractivity contribution in [2.24, 2.45) is 11.8 Å². The molecule has 1 N–H and O–H groups in total. The number of hydrogen-bond donors (Lipinski definition) is 1. The molecule has 1 unspecified atom stereocenters. The maximum atomic E-state index is 9.83. The Hall–Kier alpha value is -0.0800. The first-order chi connectivity index (χ1) is 7.20. The lowest BCUT2D eigenvalue weighted by atomic mass is 10.0. The molecular weight excluding hydrogens is 188 g/mol. The van der Waals surface area contributed by atoms with Crippen LogP contribution in [0.25, 0.3) is 0 Å². The van der Waals surface area contributed by atoms with Gasteiger partial charge in [0.2, 0.25) is 0 Å². The zero-order valence-corrected chi connectivity index (χ0v) is 10.2. The van der Waals surface area contributed by atoms with Gasteiger partial charge in [-0.1, -0.05) is 26.7 Å². The lowest BCUT2D eigenvalue weighted by molar-refractivity contribution is 0.00470. The van der Waals surface area contributed by atoms with Gasteiger partial charge in [0, 0.05) is 6.61 Å². The van der Waals surface area contributed by atoms with Crippen LogP contribution in [0.1, 0.15) is 52.4 Å². The van der Waals surface area contributed by atoms with Crippen LogP contribution in [0.4, 0.5) is 0 Å². The predicted octanol–water partition coefficient (Wildman–Crippen LogP) is 2.99. The number of aliphatic hydroxyl groups excluding tert-OH is 1. The normalized spacial score (nSPS) is 20.0.